The summed E-state index contributed by atoms with van der Waals surface area (Å²) in [6, 6.07) is 9.06. The molecule has 1 aliphatic rings. The Hall–Kier alpha value is -1.02. The molecule has 0 saturated carbocycles. The van der Waals surface area contributed by atoms with E-state index in [1.54, 1.807) is 7.11 Å². The van der Waals surface area contributed by atoms with Crippen molar-refractivity contribution in [3.8, 4) is 0 Å². The molecule has 0 radical (unpaired) electrons. The van der Waals surface area contributed by atoms with E-state index in [9.17, 15) is 0 Å². The molecule has 2 heteroatoms. The second-order valence-electron chi connectivity index (χ2n) is 4.02. The topological polar surface area (TPSA) is 21.3 Å². The molecule has 2 rings (SSSR count). The maximum atomic E-state index is 5.26. The van der Waals surface area contributed by atoms with E-state index in [1.165, 1.54) is 11.3 Å². The summed E-state index contributed by atoms with van der Waals surface area (Å²) in [5, 5.41) is 3.49. The van der Waals surface area contributed by atoms with E-state index in [2.05, 4.69) is 36.5 Å². The van der Waals surface area contributed by atoms with Crippen molar-refractivity contribution in [2.45, 2.75) is 25.3 Å². The Morgan fingerprint density at radius 3 is 3.00 bits per heavy atom. The van der Waals surface area contributed by atoms with Crippen molar-refractivity contribution < 1.29 is 4.74 Å². The summed E-state index contributed by atoms with van der Waals surface area (Å²) >= 11 is 0. The van der Waals surface area contributed by atoms with Gasteiger partial charge in [-0.3, -0.25) is 0 Å². The first kappa shape index (κ1) is 9.53. The van der Waals surface area contributed by atoms with Crippen molar-refractivity contribution in [3.05, 3.63) is 29.8 Å². The van der Waals surface area contributed by atoms with Crippen LogP contribution in [0.2, 0.25) is 0 Å². The van der Waals surface area contributed by atoms with Gasteiger partial charge in [-0.2, -0.15) is 0 Å². The number of para-hydroxylation sites is 1. The predicted molar refractivity (Wildman–Crippen MR) is 58.8 cm³/mol. The molecule has 0 bridgehead atoms. The third-order valence-electron chi connectivity index (χ3n) is 2.81. The minimum absolute atomic E-state index is 0.546. The average molecular weight is 191 g/mol. The number of ether oxygens (including phenoxy) is 1. The molecule has 14 heavy (non-hydrogen) atoms. The van der Waals surface area contributed by atoms with E-state index in [-0.39, 0.29) is 0 Å². The van der Waals surface area contributed by atoms with Crippen LogP contribution in [0.25, 0.3) is 0 Å². The maximum absolute atomic E-state index is 5.26. The van der Waals surface area contributed by atoms with Crippen LogP contribution in [0.1, 0.15) is 24.8 Å². The largest absolute Gasteiger partial charge is 0.384 e. The van der Waals surface area contributed by atoms with Gasteiger partial charge in [0.05, 0.1) is 6.61 Å². The summed E-state index contributed by atoms with van der Waals surface area (Å²) in [4.78, 5) is 0. The molecule has 1 aromatic carbocycles. The second kappa shape index (κ2) is 4.01. The maximum Gasteiger partial charge on any atom is 0.0532 e. The zero-order chi connectivity index (χ0) is 9.97. The molecule has 0 spiro atoms. The van der Waals surface area contributed by atoms with E-state index in [0.29, 0.717) is 12.0 Å². The van der Waals surface area contributed by atoms with E-state index >= 15 is 0 Å². The second-order valence-corrected chi connectivity index (χ2v) is 4.02. The van der Waals surface area contributed by atoms with Crippen molar-refractivity contribution in [2.75, 3.05) is 19.0 Å². The van der Waals surface area contributed by atoms with Crippen LogP contribution in [-0.4, -0.2) is 19.8 Å². The highest BCUT2D eigenvalue weighted by Gasteiger charge is 2.23. The molecule has 1 heterocycles. The van der Waals surface area contributed by atoms with Crippen molar-refractivity contribution in [3.63, 3.8) is 0 Å². The number of hydrogen-bond donors (Lipinski definition) is 1. The van der Waals surface area contributed by atoms with Crippen LogP contribution in [0.5, 0.6) is 0 Å². The van der Waals surface area contributed by atoms with E-state index in [1.807, 2.05) is 0 Å². The van der Waals surface area contributed by atoms with Gasteiger partial charge in [0.25, 0.3) is 0 Å². The molecule has 2 unspecified atom stereocenters. The summed E-state index contributed by atoms with van der Waals surface area (Å²) < 4.78 is 5.26. The molecule has 76 valence electrons. The number of benzene rings is 1. The number of hydrogen-bond acceptors (Lipinski definition) is 2. The highest BCUT2D eigenvalue weighted by molar-refractivity contribution is 5.55. The van der Waals surface area contributed by atoms with Crippen molar-refractivity contribution in [2.24, 2.45) is 0 Å². The summed E-state index contributed by atoms with van der Waals surface area (Å²) in [7, 11) is 1.77. The lowest BCUT2D eigenvalue weighted by Gasteiger charge is -2.30. The molecule has 0 amide bonds. The van der Waals surface area contributed by atoms with Crippen LogP contribution in [0.15, 0.2) is 24.3 Å². The van der Waals surface area contributed by atoms with Crippen LogP contribution < -0.4 is 5.32 Å². The summed E-state index contributed by atoms with van der Waals surface area (Å²) in [5.74, 6) is 0.549. The van der Waals surface area contributed by atoms with Gasteiger partial charge in [0.1, 0.15) is 0 Å². The standard InChI is InChI=1S/C12H17NO/c1-9-7-10(8-14-2)11-5-3-4-6-12(11)13-9/h3-6,9-10,13H,7-8H2,1-2H3. The van der Waals surface area contributed by atoms with Crippen molar-refractivity contribution >= 4 is 5.69 Å². The number of methoxy groups -OCH3 is 1. The molecule has 0 saturated heterocycles. The van der Waals surface area contributed by atoms with Gasteiger partial charge >= 0.3 is 0 Å². The number of rotatable bonds is 2. The van der Waals surface area contributed by atoms with Gasteiger partial charge in [0, 0.05) is 24.8 Å². The van der Waals surface area contributed by atoms with E-state index in [0.717, 1.165) is 13.0 Å². The molecular formula is C12H17NO. The Morgan fingerprint density at radius 1 is 1.43 bits per heavy atom. The highest BCUT2D eigenvalue weighted by atomic mass is 16.5. The van der Waals surface area contributed by atoms with Crippen LogP contribution >= 0.6 is 0 Å². The molecular weight excluding hydrogens is 174 g/mol. The molecule has 2 atom stereocenters. The lowest BCUT2D eigenvalue weighted by Crippen LogP contribution is -2.27. The van der Waals surface area contributed by atoms with Gasteiger partial charge in [0.2, 0.25) is 0 Å². The number of nitrogens with one attached hydrogen (secondary N) is 1. The molecule has 1 N–H and O–H groups in total. The minimum Gasteiger partial charge on any atom is -0.384 e. The Kier molecular flexibility index (Phi) is 2.73. The summed E-state index contributed by atoms with van der Waals surface area (Å²) in [5.41, 5.74) is 2.67. The summed E-state index contributed by atoms with van der Waals surface area (Å²) in [6.07, 6.45) is 1.16. The number of anilines is 1. The Balaban J connectivity index is 2.28. The first-order valence-electron chi connectivity index (χ1n) is 5.15. The zero-order valence-corrected chi connectivity index (χ0v) is 8.79. The summed E-state index contributed by atoms with van der Waals surface area (Å²) in [6.45, 7) is 3.04. The monoisotopic (exact) mass is 191 g/mol. The van der Waals surface area contributed by atoms with Gasteiger partial charge in [-0.1, -0.05) is 18.2 Å². The fourth-order valence-electron chi connectivity index (χ4n) is 2.22. The van der Waals surface area contributed by atoms with Gasteiger partial charge in [-0.15, -0.1) is 0 Å². The Bertz CT molecular complexity index is 311. The molecule has 0 aliphatic carbocycles. The third-order valence-corrected chi connectivity index (χ3v) is 2.81. The highest BCUT2D eigenvalue weighted by Crippen LogP contribution is 2.33. The van der Waals surface area contributed by atoms with Crippen molar-refractivity contribution in [1.82, 2.24) is 0 Å². The Morgan fingerprint density at radius 2 is 2.21 bits per heavy atom. The lowest BCUT2D eigenvalue weighted by molar-refractivity contribution is 0.173. The minimum atomic E-state index is 0.546. The van der Waals surface area contributed by atoms with Gasteiger partial charge in [0.15, 0.2) is 0 Å². The first-order valence-corrected chi connectivity index (χ1v) is 5.15. The van der Waals surface area contributed by atoms with Crippen molar-refractivity contribution in [1.29, 1.82) is 0 Å². The van der Waals surface area contributed by atoms with Gasteiger partial charge in [-0.05, 0) is 25.0 Å². The predicted octanol–water partition coefficient (Wildman–Crippen LogP) is 2.62. The Labute approximate surface area is 85.3 Å². The average Bonchev–Trinajstić information content (AvgIpc) is 2.18. The smallest absolute Gasteiger partial charge is 0.0532 e. The number of fused-ring (bicyclic) bond motifs is 1. The van der Waals surface area contributed by atoms with Gasteiger partial charge < -0.3 is 10.1 Å². The third kappa shape index (κ3) is 1.75. The molecule has 2 nitrogen and oxygen atoms in total. The van der Waals surface area contributed by atoms with Crippen LogP contribution in [0, 0.1) is 0 Å². The molecule has 1 aliphatic heterocycles. The molecule has 0 fully saturated rings. The quantitative estimate of drug-likeness (QED) is 0.776. The normalized spacial score (nSPS) is 25.3. The fraction of sp³-hybridized carbons (Fsp3) is 0.500. The lowest BCUT2D eigenvalue weighted by atomic mass is 9.88. The van der Waals surface area contributed by atoms with Crippen LogP contribution in [-0.2, 0) is 4.74 Å². The van der Waals surface area contributed by atoms with Crippen LogP contribution in [0.4, 0.5) is 5.69 Å². The van der Waals surface area contributed by atoms with Crippen LogP contribution in [0.3, 0.4) is 0 Å². The zero-order valence-electron chi connectivity index (χ0n) is 8.79. The van der Waals surface area contributed by atoms with E-state index in [4.69, 9.17) is 4.74 Å². The van der Waals surface area contributed by atoms with Gasteiger partial charge in [-0.25, -0.2) is 0 Å². The SMILES string of the molecule is COCC1CC(C)Nc2ccccc21. The van der Waals surface area contributed by atoms with E-state index < -0.39 is 0 Å². The fourth-order valence-corrected chi connectivity index (χ4v) is 2.22. The molecule has 1 aromatic rings. The first-order chi connectivity index (χ1) is 6.81. The molecule has 0 aromatic heterocycles.